The lowest BCUT2D eigenvalue weighted by molar-refractivity contribution is 0.000945. The van der Waals surface area contributed by atoms with Crippen molar-refractivity contribution < 1.29 is 15.0 Å². The molecule has 1 saturated heterocycles. The van der Waals surface area contributed by atoms with Crippen LogP contribution in [0.2, 0.25) is 0 Å². The number of aliphatic hydroxyl groups is 2. The summed E-state index contributed by atoms with van der Waals surface area (Å²) in [5, 5.41) is 19.9. The Hall–Kier alpha value is -2.18. The number of carbonyl (C=O) groups is 1. The van der Waals surface area contributed by atoms with E-state index in [9.17, 15) is 19.8 Å². The highest BCUT2D eigenvalue weighted by atomic mass is 16.3. The lowest BCUT2D eigenvalue weighted by atomic mass is 9.94. The second-order valence-corrected chi connectivity index (χ2v) is 6.15. The molecule has 1 amide bonds. The predicted molar refractivity (Wildman–Crippen MR) is 86.4 cm³/mol. The SMILES string of the molecule is Cc1ccc2[nH]c(=O)cc(C(=O)N3CC[C@H](CO)[C@@H](O)C3)c2c1. The molecule has 122 valence electrons. The molecule has 1 aromatic carbocycles. The van der Waals surface area contributed by atoms with Crippen molar-refractivity contribution in [3.63, 3.8) is 0 Å². The number of benzene rings is 1. The van der Waals surface area contributed by atoms with Gasteiger partial charge in [0.05, 0.1) is 11.7 Å². The second-order valence-electron chi connectivity index (χ2n) is 6.15. The Morgan fingerprint density at radius 2 is 2.17 bits per heavy atom. The maximum atomic E-state index is 12.8. The van der Waals surface area contributed by atoms with E-state index in [0.29, 0.717) is 29.4 Å². The number of nitrogens with zero attached hydrogens (tertiary/aromatic N) is 1. The number of pyridine rings is 1. The Bertz CT molecular complexity index is 799. The summed E-state index contributed by atoms with van der Waals surface area (Å²) in [6.45, 7) is 2.47. The van der Waals surface area contributed by atoms with Crippen LogP contribution in [0.5, 0.6) is 0 Å². The van der Waals surface area contributed by atoms with Gasteiger partial charge in [-0.2, -0.15) is 0 Å². The number of nitrogens with one attached hydrogen (secondary N) is 1. The maximum Gasteiger partial charge on any atom is 0.254 e. The van der Waals surface area contributed by atoms with Crippen LogP contribution in [-0.2, 0) is 0 Å². The van der Waals surface area contributed by atoms with Crippen molar-refractivity contribution in [2.45, 2.75) is 19.4 Å². The van der Waals surface area contributed by atoms with Gasteiger partial charge in [-0.1, -0.05) is 11.6 Å². The van der Waals surface area contributed by atoms with Gasteiger partial charge in [-0.15, -0.1) is 0 Å². The molecule has 3 N–H and O–H groups in total. The van der Waals surface area contributed by atoms with Gasteiger partial charge in [-0.05, 0) is 25.5 Å². The minimum Gasteiger partial charge on any atom is -0.396 e. The average molecular weight is 316 g/mol. The van der Waals surface area contributed by atoms with Gasteiger partial charge in [0.1, 0.15) is 0 Å². The highest BCUT2D eigenvalue weighted by molar-refractivity contribution is 6.06. The van der Waals surface area contributed by atoms with Crippen LogP contribution >= 0.6 is 0 Å². The minimum atomic E-state index is -0.743. The predicted octanol–water partition coefficient (Wildman–Crippen LogP) is 0.652. The van der Waals surface area contributed by atoms with Crippen molar-refractivity contribution >= 4 is 16.8 Å². The molecule has 0 bridgehead atoms. The van der Waals surface area contributed by atoms with E-state index in [-0.39, 0.29) is 30.5 Å². The van der Waals surface area contributed by atoms with E-state index in [2.05, 4.69) is 4.98 Å². The molecule has 2 heterocycles. The van der Waals surface area contributed by atoms with Gasteiger partial charge in [-0.25, -0.2) is 0 Å². The zero-order valence-electron chi connectivity index (χ0n) is 13.0. The van der Waals surface area contributed by atoms with Crippen LogP contribution in [0, 0.1) is 12.8 Å². The third kappa shape index (κ3) is 3.00. The molecule has 1 aliphatic rings. The number of hydrogen-bond acceptors (Lipinski definition) is 4. The van der Waals surface area contributed by atoms with Crippen molar-refractivity contribution in [2.75, 3.05) is 19.7 Å². The number of likely N-dealkylation sites (tertiary alicyclic amines) is 1. The number of aromatic amines is 1. The Morgan fingerprint density at radius 3 is 2.87 bits per heavy atom. The standard InChI is InChI=1S/C17H20N2O4/c1-10-2-3-14-12(6-10)13(7-16(22)18-14)17(23)19-5-4-11(9-20)15(21)8-19/h2-3,6-7,11,15,20-21H,4-5,8-9H2,1H3,(H,18,22)/t11-,15+/m1/s1. The number of piperidine rings is 1. The maximum absolute atomic E-state index is 12.8. The normalized spacial score (nSPS) is 21.6. The van der Waals surface area contributed by atoms with E-state index in [4.69, 9.17) is 0 Å². The minimum absolute atomic E-state index is 0.0870. The first-order chi connectivity index (χ1) is 11.0. The molecule has 1 fully saturated rings. The summed E-state index contributed by atoms with van der Waals surface area (Å²) >= 11 is 0. The number of fused-ring (bicyclic) bond motifs is 1. The number of carbonyl (C=O) groups excluding carboxylic acids is 1. The van der Waals surface area contributed by atoms with E-state index in [1.54, 1.807) is 11.0 Å². The quantitative estimate of drug-likeness (QED) is 0.758. The largest absolute Gasteiger partial charge is 0.396 e. The number of amides is 1. The molecule has 23 heavy (non-hydrogen) atoms. The van der Waals surface area contributed by atoms with Crippen LogP contribution in [-0.4, -0.2) is 51.8 Å². The van der Waals surface area contributed by atoms with Gasteiger partial charge in [0.15, 0.2) is 0 Å². The fourth-order valence-electron chi connectivity index (χ4n) is 3.09. The second kappa shape index (κ2) is 6.14. The van der Waals surface area contributed by atoms with Gasteiger partial charge in [0.2, 0.25) is 5.56 Å². The Kier molecular flexibility index (Phi) is 4.19. The molecule has 0 saturated carbocycles. The molecule has 3 rings (SSSR count). The number of β-amino-alcohol motifs (C(OH)–C–C–N with tert-alkyl or cyclic N) is 1. The van der Waals surface area contributed by atoms with Gasteiger partial charge in [0.25, 0.3) is 5.91 Å². The molecule has 1 aliphatic heterocycles. The molecule has 0 spiro atoms. The topological polar surface area (TPSA) is 93.6 Å². The van der Waals surface area contributed by atoms with Crippen molar-refractivity contribution in [1.82, 2.24) is 9.88 Å². The monoisotopic (exact) mass is 316 g/mol. The fourth-order valence-corrected chi connectivity index (χ4v) is 3.09. The molecule has 6 nitrogen and oxygen atoms in total. The van der Waals surface area contributed by atoms with E-state index < -0.39 is 6.10 Å². The third-order valence-corrected chi connectivity index (χ3v) is 4.47. The van der Waals surface area contributed by atoms with E-state index in [0.717, 1.165) is 5.56 Å². The Balaban J connectivity index is 1.98. The first-order valence-electron chi connectivity index (χ1n) is 7.71. The molecule has 0 radical (unpaired) electrons. The lowest BCUT2D eigenvalue weighted by Gasteiger charge is -2.35. The molecular formula is C17H20N2O4. The van der Waals surface area contributed by atoms with Crippen molar-refractivity contribution in [1.29, 1.82) is 0 Å². The Labute approximate surface area is 133 Å². The van der Waals surface area contributed by atoms with Crippen LogP contribution in [0.4, 0.5) is 0 Å². The van der Waals surface area contributed by atoms with Crippen molar-refractivity contribution in [2.24, 2.45) is 5.92 Å². The summed E-state index contributed by atoms with van der Waals surface area (Å²) in [5.74, 6) is -0.459. The molecule has 2 aromatic rings. The van der Waals surface area contributed by atoms with Crippen molar-refractivity contribution in [3.05, 3.63) is 45.7 Å². The zero-order chi connectivity index (χ0) is 16.6. The van der Waals surface area contributed by atoms with Gasteiger partial charge in [-0.3, -0.25) is 9.59 Å². The van der Waals surface area contributed by atoms with E-state index >= 15 is 0 Å². The lowest BCUT2D eigenvalue weighted by Crippen LogP contribution is -2.47. The summed E-state index contributed by atoms with van der Waals surface area (Å²) in [5.41, 5.74) is 1.65. The van der Waals surface area contributed by atoms with Crippen LogP contribution in [0.15, 0.2) is 29.1 Å². The first kappa shape index (κ1) is 15.7. The number of H-pyrrole nitrogens is 1. The summed E-state index contributed by atoms with van der Waals surface area (Å²) in [4.78, 5) is 28.9. The molecular weight excluding hydrogens is 296 g/mol. The zero-order valence-corrected chi connectivity index (χ0v) is 13.0. The summed E-state index contributed by atoms with van der Waals surface area (Å²) in [6.07, 6.45) is -0.198. The summed E-state index contributed by atoms with van der Waals surface area (Å²) in [7, 11) is 0. The third-order valence-electron chi connectivity index (χ3n) is 4.47. The molecule has 6 heteroatoms. The molecule has 2 atom stereocenters. The van der Waals surface area contributed by atoms with Crippen LogP contribution in [0.1, 0.15) is 22.3 Å². The molecule has 0 aliphatic carbocycles. The van der Waals surface area contributed by atoms with Gasteiger partial charge < -0.3 is 20.1 Å². The average Bonchev–Trinajstić information content (AvgIpc) is 2.53. The van der Waals surface area contributed by atoms with Gasteiger partial charge in [0, 0.05) is 42.6 Å². The smallest absolute Gasteiger partial charge is 0.254 e. The number of aromatic nitrogens is 1. The first-order valence-corrected chi connectivity index (χ1v) is 7.71. The van der Waals surface area contributed by atoms with E-state index in [1.807, 2.05) is 19.1 Å². The van der Waals surface area contributed by atoms with Crippen LogP contribution in [0.25, 0.3) is 10.9 Å². The summed E-state index contributed by atoms with van der Waals surface area (Å²) < 4.78 is 0. The van der Waals surface area contributed by atoms with Gasteiger partial charge >= 0.3 is 0 Å². The number of rotatable bonds is 2. The Morgan fingerprint density at radius 1 is 1.39 bits per heavy atom. The van der Waals surface area contributed by atoms with E-state index in [1.165, 1.54) is 6.07 Å². The molecule has 1 aromatic heterocycles. The fraction of sp³-hybridized carbons (Fsp3) is 0.412. The number of aliphatic hydroxyl groups excluding tert-OH is 2. The molecule has 0 unspecified atom stereocenters. The van der Waals surface area contributed by atoms with Crippen LogP contribution < -0.4 is 5.56 Å². The number of aryl methyl sites for hydroxylation is 1. The van der Waals surface area contributed by atoms with Crippen molar-refractivity contribution in [3.8, 4) is 0 Å². The number of hydrogen-bond donors (Lipinski definition) is 3. The van der Waals surface area contributed by atoms with Crippen LogP contribution in [0.3, 0.4) is 0 Å². The summed E-state index contributed by atoms with van der Waals surface area (Å²) in [6, 6.07) is 6.85. The highest BCUT2D eigenvalue weighted by Crippen LogP contribution is 2.22. The highest BCUT2D eigenvalue weighted by Gasteiger charge is 2.30.